The fraction of sp³-hybridized carbons (Fsp3) is 0.650. The van der Waals surface area contributed by atoms with E-state index in [1.807, 2.05) is 0 Å². The molecule has 3 rings (SSSR count). The van der Waals surface area contributed by atoms with Crippen LogP contribution in [0.25, 0.3) is 0 Å². The van der Waals surface area contributed by atoms with E-state index < -0.39 is 0 Å². The Hall–Kier alpha value is -1.46. The molecule has 1 amide bonds. The number of ether oxygens (including phenoxy) is 1. The summed E-state index contributed by atoms with van der Waals surface area (Å²) in [5, 5.41) is 3.52. The molecule has 1 aromatic carbocycles. The highest BCUT2D eigenvalue weighted by Crippen LogP contribution is 2.38. The molecule has 0 saturated carbocycles. The van der Waals surface area contributed by atoms with Gasteiger partial charge in [-0.15, -0.1) is 0 Å². The van der Waals surface area contributed by atoms with Crippen molar-refractivity contribution >= 4 is 23.2 Å². The summed E-state index contributed by atoms with van der Waals surface area (Å²) in [6, 6.07) is 1.64. The van der Waals surface area contributed by atoms with Gasteiger partial charge in [-0.2, -0.15) is 0 Å². The second-order valence-corrected chi connectivity index (χ2v) is 7.84. The minimum Gasteiger partial charge on any atom is -0.492 e. The van der Waals surface area contributed by atoms with E-state index >= 15 is 0 Å². The third-order valence-electron chi connectivity index (χ3n) is 5.52. The molecule has 1 aromatic rings. The van der Waals surface area contributed by atoms with Crippen LogP contribution in [-0.4, -0.2) is 43.6 Å². The van der Waals surface area contributed by atoms with Gasteiger partial charge in [0.25, 0.3) is 5.91 Å². The van der Waals surface area contributed by atoms with E-state index in [1.54, 1.807) is 6.07 Å². The van der Waals surface area contributed by atoms with Crippen LogP contribution in [0, 0.1) is 5.92 Å². The normalized spacial score (nSPS) is 18.2. The van der Waals surface area contributed by atoms with Gasteiger partial charge in [-0.1, -0.05) is 24.9 Å². The molecule has 6 heteroatoms. The highest BCUT2D eigenvalue weighted by Gasteiger charge is 2.25. The minimum absolute atomic E-state index is 0.113. The van der Waals surface area contributed by atoms with Crippen LogP contribution in [0.3, 0.4) is 0 Å². The molecule has 0 aliphatic carbocycles. The van der Waals surface area contributed by atoms with Gasteiger partial charge in [0.05, 0.1) is 22.9 Å². The third-order valence-corrected chi connectivity index (χ3v) is 5.83. The average Bonchev–Trinajstić information content (AvgIpc) is 2.68. The van der Waals surface area contributed by atoms with Gasteiger partial charge in [0.15, 0.2) is 0 Å². The summed E-state index contributed by atoms with van der Waals surface area (Å²) in [6.45, 7) is 7.01. The van der Waals surface area contributed by atoms with Crippen molar-refractivity contribution in [3.8, 4) is 5.75 Å². The standard InChI is InChI=1S/C20H30ClN3O2/c1-2-3-8-24-9-6-14(7-10-24)13-23-20(25)16-12-17(21)18(22)15-5-4-11-26-19(15)16/h12,14H,2-11,13,22H2,1H3,(H,23,25). The Morgan fingerprint density at radius 3 is 2.92 bits per heavy atom. The van der Waals surface area contributed by atoms with Gasteiger partial charge >= 0.3 is 0 Å². The maximum Gasteiger partial charge on any atom is 0.255 e. The fourth-order valence-electron chi connectivity index (χ4n) is 3.83. The number of carbonyl (C=O) groups excluding carboxylic acids is 1. The number of rotatable bonds is 6. The smallest absolute Gasteiger partial charge is 0.255 e. The largest absolute Gasteiger partial charge is 0.492 e. The number of nitrogens with one attached hydrogen (secondary N) is 1. The molecule has 2 aliphatic rings. The van der Waals surface area contributed by atoms with Crippen LogP contribution in [0.15, 0.2) is 6.07 Å². The molecule has 144 valence electrons. The molecule has 2 aliphatic heterocycles. The number of piperidine rings is 1. The van der Waals surface area contributed by atoms with E-state index in [2.05, 4.69) is 17.1 Å². The van der Waals surface area contributed by atoms with Crippen LogP contribution < -0.4 is 15.8 Å². The van der Waals surface area contributed by atoms with Gasteiger partial charge in [0, 0.05) is 12.1 Å². The van der Waals surface area contributed by atoms with Crippen LogP contribution in [0.5, 0.6) is 5.75 Å². The molecule has 0 unspecified atom stereocenters. The highest BCUT2D eigenvalue weighted by molar-refractivity contribution is 6.33. The number of unbranched alkanes of at least 4 members (excludes halogenated alkanes) is 1. The first-order chi connectivity index (χ1) is 12.6. The first kappa shape index (κ1) is 19.3. The Morgan fingerprint density at radius 1 is 1.42 bits per heavy atom. The molecule has 0 radical (unpaired) electrons. The summed E-state index contributed by atoms with van der Waals surface area (Å²) in [4.78, 5) is 15.3. The maximum atomic E-state index is 12.7. The van der Waals surface area contributed by atoms with Crippen LogP contribution in [-0.2, 0) is 6.42 Å². The zero-order chi connectivity index (χ0) is 18.5. The zero-order valence-corrected chi connectivity index (χ0v) is 16.4. The number of carbonyl (C=O) groups is 1. The number of likely N-dealkylation sites (tertiary alicyclic amines) is 1. The number of nitrogens with two attached hydrogens (primary N) is 1. The summed E-state index contributed by atoms with van der Waals surface area (Å²) in [5.74, 6) is 1.04. The van der Waals surface area contributed by atoms with Gasteiger partial charge in [-0.3, -0.25) is 4.79 Å². The van der Waals surface area contributed by atoms with Gasteiger partial charge in [-0.05, 0) is 63.7 Å². The maximum absolute atomic E-state index is 12.7. The zero-order valence-electron chi connectivity index (χ0n) is 15.7. The number of halogens is 1. The molecular formula is C20H30ClN3O2. The lowest BCUT2D eigenvalue weighted by Crippen LogP contribution is -2.39. The summed E-state index contributed by atoms with van der Waals surface area (Å²) in [7, 11) is 0. The van der Waals surface area contributed by atoms with Crippen molar-refractivity contribution in [2.75, 3.05) is 38.5 Å². The Labute approximate surface area is 161 Å². The van der Waals surface area contributed by atoms with Crippen molar-refractivity contribution in [3.05, 3.63) is 22.2 Å². The fourth-order valence-corrected chi connectivity index (χ4v) is 4.06. The van der Waals surface area contributed by atoms with E-state index in [1.165, 1.54) is 19.4 Å². The molecular weight excluding hydrogens is 350 g/mol. The van der Waals surface area contributed by atoms with Crippen molar-refractivity contribution in [1.29, 1.82) is 0 Å². The van der Waals surface area contributed by atoms with Crippen molar-refractivity contribution in [1.82, 2.24) is 10.2 Å². The summed E-state index contributed by atoms with van der Waals surface area (Å²) >= 11 is 6.24. The van der Waals surface area contributed by atoms with Gasteiger partial charge in [-0.25, -0.2) is 0 Å². The average molecular weight is 380 g/mol. The highest BCUT2D eigenvalue weighted by atomic mass is 35.5. The predicted molar refractivity (Wildman–Crippen MR) is 106 cm³/mol. The van der Waals surface area contributed by atoms with Crippen LogP contribution in [0.2, 0.25) is 5.02 Å². The monoisotopic (exact) mass is 379 g/mol. The number of fused-ring (bicyclic) bond motifs is 1. The first-order valence-electron chi connectivity index (χ1n) is 9.84. The van der Waals surface area contributed by atoms with Gasteiger partial charge in [0.1, 0.15) is 5.75 Å². The summed E-state index contributed by atoms with van der Waals surface area (Å²) in [5.41, 5.74) is 7.99. The van der Waals surface area contributed by atoms with Crippen LogP contribution >= 0.6 is 11.6 Å². The van der Waals surface area contributed by atoms with Crippen molar-refractivity contribution in [3.63, 3.8) is 0 Å². The number of hydrogen-bond acceptors (Lipinski definition) is 4. The Bertz CT molecular complexity index is 642. The molecule has 2 heterocycles. The van der Waals surface area contributed by atoms with Crippen molar-refractivity contribution < 1.29 is 9.53 Å². The quantitative estimate of drug-likeness (QED) is 0.742. The van der Waals surface area contributed by atoms with Crippen LogP contribution in [0.1, 0.15) is 54.9 Å². The minimum atomic E-state index is -0.113. The number of hydrogen-bond donors (Lipinski definition) is 2. The predicted octanol–water partition coefficient (Wildman–Crippen LogP) is 3.49. The molecule has 0 atom stereocenters. The van der Waals surface area contributed by atoms with Crippen LogP contribution in [0.4, 0.5) is 5.69 Å². The molecule has 1 saturated heterocycles. The van der Waals surface area contributed by atoms with E-state index in [4.69, 9.17) is 22.1 Å². The number of nitrogen functional groups attached to an aromatic ring is 1. The topological polar surface area (TPSA) is 67.6 Å². The van der Waals surface area contributed by atoms with Crippen molar-refractivity contribution in [2.24, 2.45) is 5.92 Å². The van der Waals surface area contributed by atoms with E-state index in [9.17, 15) is 4.79 Å². The van der Waals surface area contributed by atoms with Gasteiger partial charge in [0.2, 0.25) is 0 Å². The second kappa shape index (κ2) is 8.96. The van der Waals surface area contributed by atoms with Crippen molar-refractivity contribution in [2.45, 2.75) is 45.4 Å². The lowest BCUT2D eigenvalue weighted by atomic mass is 9.96. The summed E-state index contributed by atoms with van der Waals surface area (Å²) in [6.07, 6.45) is 6.49. The number of amides is 1. The Balaban J connectivity index is 1.57. The van der Waals surface area contributed by atoms with E-state index in [-0.39, 0.29) is 5.91 Å². The molecule has 0 bridgehead atoms. The Kier molecular flexibility index (Phi) is 6.65. The molecule has 3 N–H and O–H groups in total. The lowest BCUT2D eigenvalue weighted by molar-refractivity contribution is 0.0931. The van der Waals surface area contributed by atoms with E-state index in [0.717, 1.165) is 44.3 Å². The first-order valence-corrected chi connectivity index (χ1v) is 10.2. The molecule has 0 spiro atoms. The number of anilines is 1. The molecule has 1 fully saturated rings. The number of benzene rings is 1. The van der Waals surface area contributed by atoms with Gasteiger partial charge < -0.3 is 20.7 Å². The number of nitrogens with zero attached hydrogens (tertiary/aromatic N) is 1. The SMILES string of the molecule is CCCCN1CCC(CNC(=O)c2cc(Cl)c(N)c3c2OCCC3)CC1. The Morgan fingerprint density at radius 2 is 2.19 bits per heavy atom. The molecule has 0 aromatic heterocycles. The third kappa shape index (κ3) is 4.44. The van der Waals surface area contributed by atoms with E-state index in [0.29, 0.717) is 41.1 Å². The molecule has 5 nitrogen and oxygen atoms in total. The lowest BCUT2D eigenvalue weighted by Gasteiger charge is -2.32. The molecule has 26 heavy (non-hydrogen) atoms. The summed E-state index contributed by atoms with van der Waals surface area (Å²) < 4.78 is 5.75. The second-order valence-electron chi connectivity index (χ2n) is 7.43.